The molecule has 1 N–H and O–H groups in total. The summed E-state index contributed by atoms with van der Waals surface area (Å²) in [6.07, 6.45) is -0.163. The SMILES string of the molecule is COC(C)CS(=O)c1ccc(C(=O)O)o1. The molecule has 2 unspecified atom stereocenters. The molecule has 0 saturated heterocycles. The number of hydrogen-bond acceptors (Lipinski definition) is 4. The van der Waals surface area contributed by atoms with Crippen molar-refractivity contribution < 1.29 is 23.3 Å². The first kappa shape index (κ1) is 11.9. The molecule has 0 saturated carbocycles. The van der Waals surface area contributed by atoms with Crippen molar-refractivity contribution in [3.8, 4) is 0 Å². The van der Waals surface area contributed by atoms with Crippen LogP contribution in [0.5, 0.6) is 0 Å². The van der Waals surface area contributed by atoms with Gasteiger partial charge in [0.1, 0.15) is 0 Å². The Morgan fingerprint density at radius 1 is 1.67 bits per heavy atom. The fourth-order valence-electron chi connectivity index (χ4n) is 0.921. The minimum atomic E-state index is -1.36. The molecule has 15 heavy (non-hydrogen) atoms. The summed E-state index contributed by atoms with van der Waals surface area (Å²) in [5, 5.41) is 8.75. The molecule has 1 rings (SSSR count). The largest absolute Gasteiger partial charge is 0.475 e. The molecule has 0 aliphatic heterocycles. The minimum absolute atomic E-state index is 0.163. The number of carboxylic acid groups (broad SMARTS) is 1. The summed E-state index contributed by atoms with van der Waals surface area (Å²) in [5.41, 5.74) is 0. The van der Waals surface area contributed by atoms with Crippen molar-refractivity contribution in [2.24, 2.45) is 0 Å². The predicted octanol–water partition coefficient (Wildman–Crippen LogP) is 1.12. The van der Waals surface area contributed by atoms with Crippen LogP contribution in [-0.4, -0.2) is 34.3 Å². The van der Waals surface area contributed by atoms with Crippen LogP contribution in [0, 0.1) is 0 Å². The zero-order valence-corrected chi connectivity index (χ0v) is 9.24. The molecule has 0 aliphatic carbocycles. The standard InChI is InChI=1S/C9H12O5S/c1-6(13-2)5-15(12)8-4-3-7(14-8)9(10)11/h3-4,6H,5H2,1-2H3,(H,10,11). The summed E-state index contributed by atoms with van der Waals surface area (Å²) < 4.78 is 21.4. The van der Waals surface area contributed by atoms with Crippen LogP contribution in [0.25, 0.3) is 0 Å². The molecular weight excluding hydrogens is 220 g/mol. The Labute approximate surface area is 89.5 Å². The van der Waals surface area contributed by atoms with Crippen molar-refractivity contribution in [3.63, 3.8) is 0 Å². The van der Waals surface area contributed by atoms with Crippen molar-refractivity contribution in [1.29, 1.82) is 0 Å². The molecule has 5 nitrogen and oxygen atoms in total. The summed E-state index contributed by atoms with van der Waals surface area (Å²) in [6, 6.07) is 2.69. The Hall–Kier alpha value is -1.14. The first-order chi connectivity index (χ1) is 7.04. The number of carboxylic acids is 1. The molecular formula is C9H12O5S. The second kappa shape index (κ2) is 5.09. The lowest BCUT2D eigenvalue weighted by Crippen LogP contribution is -2.15. The maximum absolute atomic E-state index is 11.6. The topological polar surface area (TPSA) is 76.7 Å². The highest BCUT2D eigenvalue weighted by Gasteiger charge is 2.15. The lowest BCUT2D eigenvalue weighted by atomic mass is 10.5. The number of methoxy groups -OCH3 is 1. The highest BCUT2D eigenvalue weighted by atomic mass is 32.2. The van der Waals surface area contributed by atoms with Crippen molar-refractivity contribution in [2.75, 3.05) is 12.9 Å². The molecule has 0 aromatic carbocycles. The zero-order valence-electron chi connectivity index (χ0n) is 8.43. The van der Waals surface area contributed by atoms with Gasteiger partial charge in [-0.3, -0.25) is 4.21 Å². The molecule has 6 heteroatoms. The Morgan fingerprint density at radius 2 is 2.33 bits per heavy atom. The molecule has 84 valence electrons. The Balaban J connectivity index is 2.70. The summed E-state index contributed by atoms with van der Waals surface area (Å²) in [5.74, 6) is -1.09. The van der Waals surface area contributed by atoms with Gasteiger partial charge < -0.3 is 14.3 Å². The van der Waals surface area contributed by atoms with Gasteiger partial charge in [-0.1, -0.05) is 0 Å². The van der Waals surface area contributed by atoms with Gasteiger partial charge >= 0.3 is 5.97 Å². The van der Waals surface area contributed by atoms with E-state index in [1.54, 1.807) is 6.92 Å². The van der Waals surface area contributed by atoms with Crippen LogP contribution >= 0.6 is 0 Å². The lowest BCUT2D eigenvalue weighted by Gasteiger charge is -2.06. The van der Waals surface area contributed by atoms with Crippen LogP contribution in [0.3, 0.4) is 0 Å². The van der Waals surface area contributed by atoms with Gasteiger partial charge in [0.05, 0.1) is 22.7 Å². The van der Waals surface area contributed by atoms with E-state index in [1.165, 1.54) is 19.2 Å². The molecule has 2 atom stereocenters. The van der Waals surface area contributed by atoms with E-state index < -0.39 is 16.8 Å². The average Bonchev–Trinajstić information content (AvgIpc) is 2.66. The van der Waals surface area contributed by atoms with Crippen LogP contribution in [0.2, 0.25) is 0 Å². The van der Waals surface area contributed by atoms with Crippen LogP contribution in [0.4, 0.5) is 0 Å². The van der Waals surface area contributed by atoms with Crippen LogP contribution in [-0.2, 0) is 15.5 Å². The van der Waals surface area contributed by atoms with Crippen LogP contribution < -0.4 is 0 Å². The third kappa shape index (κ3) is 3.17. The smallest absolute Gasteiger partial charge is 0.371 e. The van der Waals surface area contributed by atoms with Gasteiger partial charge in [-0.05, 0) is 19.1 Å². The Morgan fingerprint density at radius 3 is 2.80 bits per heavy atom. The first-order valence-corrected chi connectivity index (χ1v) is 5.60. The van der Waals surface area contributed by atoms with E-state index in [2.05, 4.69) is 0 Å². The van der Waals surface area contributed by atoms with Gasteiger partial charge in [0.2, 0.25) is 5.76 Å². The highest BCUT2D eigenvalue weighted by Crippen LogP contribution is 2.13. The summed E-state index contributed by atoms with van der Waals surface area (Å²) in [6.45, 7) is 1.78. The Kier molecular flexibility index (Phi) is 4.05. The summed E-state index contributed by atoms with van der Waals surface area (Å²) in [7, 11) is 0.156. The molecule has 1 aromatic rings. The maximum Gasteiger partial charge on any atom is 0.371 e. The maximum atomic E-state index is 11.6. The molecule has 0 spiro atoms. The van der Waals surface area contributed by atoms with E-state index in [4.69, 9.17) is 14.3 Å². The third-order valence-corrected chi connectivity index (χ3v) is 3.25. The summed E-state index contributed by atoms with van der Waals surface area (Å²) >= 11 is 0. The van der Waals surface area contributed by atoms with Crippen molar-refractivity contribution in [3.05, 3.63) is 17.9 Å². The van der Waals surface area contributed by atoms with E-state index in [9.17, 15) is 9.00 Å². The van der Waals surface area contributed by atoms with Crippen LogP contribution in [0.1, 0.15) is 17.5 Å². The second-order valence-electron chi connectivity index (χ2n) is 2.98. The van der Waals surface area contributed by atoms with Gasteiger partial charge in [0.15, 0.2) is 5.09 Å². The average molecular weight is 232 g/mol. The lowest BCUT2D eigenvalue weighted by molar-refractivity contribution is 0.0656. The van der Waals surface area contributed by atoms with Gasteiger partial charge in [0.25, 0.3) is 0 Å². The number of carbonyl (C=O) groups is 1. The second-order valence-corrected chi connectivity index (χ2v) is 4.41. The monoisotopic (exact) mass is 232 g/mol. The number of hydrogen-bond donors (Lipinski definition) is 1. The number of ether oxygens (including phenoxy) is 1. The van der Waals surface area contributed by atoms with Gasteiger partial charge in [-0.25, -0.2) is 4.79 Å². The molecule has 0 radical (unpaired) electrons. The molecule has 1 aromatic heterocycles. The molecule has 1 heterocycles. The fraction of sp³-hybridized carbons (Fsp3) is 0.444. The predicted molar refractivity (Wildman–Crippen MR) is 53.4 cm³/mol. The van der Waals surface area contributed by atoms with Gasteiger partial charge in [-0.15, -0.1) is 0 Å². The number of aromatic carboxylic acids is 1. The van der Waals surface area contributed by atoms with E-state index in [1.807, 2.05) is 0 Å². The Bertz CT molecular complexity index is 370. The molecule has 0 aliphatic rings. The quantitative estimate of drug-likeness (QED) is 0.823. The first-order valence-electron chi connectivity index (χ1n) is 4.29. The van der Waals surface area contributed by atoms with E-state index in [-0.39, 0.29) is 22.7 Å². The van der Waals surface area contributed by atoms with E-state index in [0.717, 1.165) is 0 Å². The third-order valence-electron chi connectivity index (χ3n) is 1.80. The zero-order chi connectivity index (χ0) is 11.4. The molecule has 0 amide bonds. The van der Waals surface area contributed by atoms with Crippen molar-refractivity contribution >= 4 is 16.8 Å². The van der Waals surface area contributed by atoms with Crippen molar-refractivity contribution in [2.45, 2.75) is 18.1 Å². The fourth-order valence-corrected chi connectivity index (χ4v) is 2.05. The minimum Gasteiger partial charge on any atom is -0.475 e. The van der Waals surface area contributed by atoms with E-state index >= 15 is 0 Å². The van der Waals surface area contributed by atoms with Crippen molar-refractivity contribution in [1.82, 2.24) is 0 Å². The van der Waals surface area contributed by atoms with Gasteiger partial charge in [-0.2, -0.15) is 0 Å². The molecule has 0 bridgehead atoms. The number of rotatable bonds is 5. The number of furan rings is 1. The van der Waals surface area contributed by atoms with E-state index in [0.29, 0.717) is 0 Å². The van der Waals surface area contributed by atoms with Gasteiger partial charge in [0, 0.05) is 7.11 Å². The molecule has 0 fully saturated rings. The highest BCUT2D eigenvalue weighted by molar-refractivity contribution is 7.84. The van der Waals surface area contributed by atoms with Crippen LogP contribution in [0.15, 0.2) is 21.6 Å². The normalized spacial score (nSPS) is 14.8. The summed E-state index contributed by atoms with van der Waals surface area (Å²) in [4.78, 5) is 10.5.